The molecule has 0 bridgehead atoms. The smallest absolute Gasteiger partial charge is 0.253 e. The van der Waals surface area contributed by atoms with Crippen molar-refractivity contribution in [2.24, 2.45) is 5.84 Å². The Morgan fingerprint density at radius 3 is 2.63 bits per heavy atom. The minimum absolute atomic E-state index is 0.0631. The van der Waals surface area contributed by atoms with Gasteiger partial charge in [-0.25, -0.2) is 8.42 Å². The molecule has 4 N–H and O–H groups in total. The molecule has 19 heavy (non-hydrogen) atoms. The number of amides is 1. The van der Waals surface area contributed by atoms with Gasteiger partial charge in [-0.2, -0.15) is 0 Å². The first-order valence-corrected chi connectivity index (χ1v) is 7.77. The molecule has 1 amide bonds. The summed E-state index contributed by atoms with van der Waals surface area (Å²) in [6, 6.07) is 5.22. The molecule has 0 saturated heterocycles. The van der Waals surface area contributed by atoms with Crippen molar-refractivity contribution in [1.29, 1.82) is 0 Å². The van der Waals surface area contributed by atoms with Crippen molar-refractivity contribution in [2.45, 2.75) is 13.8 Å². The van der Waals surface area contributed by atoms with Gasteiger partial charge in [-0.1, -0.05) is 18.6 Å². The number of carbonyl (C=O) groups excluding carboxylic acids is 1. The maximum absolute atomic E-state index is 11.9. The second kappa shape index (κ2) is 6.53. The van der Waals surface area contributed by atoms with Crippen molar-refractivity contribution in [3.8, 4) is 0 Å². The van der Waals surface area contributed by atoms with Crippen molar-refractivity contribution in [2.75, 3.05) is 23.5 Å². The van der Waals surface area contributed by atoms with E-state index in [0.717, 1.165) is 5.56 Å². The lowest BCUT2D eigenvalue weighted by Gasteiger charge is -2.10. The van der Waals surface area contributed by atoms with Crippen LogP contribution in [0.1, 0.15) is 22.8 Å². The van der Waals surface area contributed by atoms with Gasteiger partial charge >= 0.3 is 0 Å². The van der Waals surface area contributed by atoms with E-state index in [2.05, 4.69) is 10.7 Å². The van der Waals surface area contributed by atoms with Gasteiger partial charge in [-0.15, -0.1) is 0 Å². The summed E-state index contributed by atoms with van der Waals surface area (Å²) in [5, 5.41) is 2.58. The molecule has 0 spiro atoms. The van der Waals surface area contributed by atoms with Gasteiger partial charge in [-0.3, -0.25) is 10.6 Å². The maximum atomic E-state index is 11.9. The zero-order chi connectivity index (χ0) is 14.5. The van der Waals surface area contributed by atoms with Crippen molar-refractivity contribution in [3.05, 3.63) is 29.3 Å². The molecule has 106 valence electrons. The van der Waals surface area contributed by atoms with Crippen molar-refractivity contribution in [3.63, 3.8) is 0 Å². The Balaban J connectivity index is 2.71. The first-order valence-electron chi connectivity index (χ1n) is 5.95. The number of benzene rings is 1. The Bertz CT molecular complexity index is 555. The van der Waals surface area contributed by atoms with Crippen LogP contribution in [-0.4, -0.2) is 32.4 Å². The number of anilines is 1. The molecule has 0 radical (unpaired) electrons. The van der Waals surface area contributed by atoms with E-state index in [1.54, 1.807) is 19.1 Å². The normalized spacial score (nSPS) is 11.1. The number of hydrogen-bond acceptors (Lipinski definition) is 5. The molecule has 7 heteroatoms. The van der Waals surface area contributed by atoms with Crippen LogP contribution in [0.2, 0.25) is 0 Å². The summed E-state index contributed by atoms with van der Waals surface area (Å²) in [6.07, 6.45) is 0. The Hall–Kier alpha value is -1.60. The van der Waals surface area contributed by atoms with Gasteiger partial charge < -0.3 is 10.7 Å². The largest absolute Gasteiger partial charge is 0.351 e. The van der Waals surface area contributed by atoms with E-state index in [-0.39, 0.29) is 24.0 Å². The molecule has 0 aromatic heterocycles. The summed E-state index contributed by atoms with van der Waals surface area (Å²) in [5.41, 5.74) is 4.26. The summed E-state index contributed by atoms with van der Waals surface area (Å²) < 4.78 is 22.6. The molecule has 0 fully saturated rings. The number of nitrogens with two attached hydrogens (primary N) is 1. The Morgan fingerprint density at radius 2 is 2.05 bits per heavy atom. The van der Waals surface area contributed by atoms with E-state index in [9.17, 15) is 13.2 Å². The summed E-state index contributed by atoms with van der Waals surface area (Å²) in [4.78, 5) is 11.9. The number of hydrazine groups is 1. The lowest BCUT2D eigenvalue weighted by atomic mass is 10.1. The topological polar surface area (TPSA) is 101 Å². The molecule has 0 saturated carbocycles. The Labute approximate surface area is 113 Å². The summed E-state index contributed by atoms with van der Waals surface area (Å²) in [6.45, 7) is 3.53. The van der Waals surface area contributed by atoms with Crippen LogP contribution < -0.4 is 16.6 Å². The van der Waals surface area contributed by atoms with Crippen LogP contribution >= 0.6 is 0 Å². The predicted octanol–water partition coefficient (Wildman–Crippen LogP) is 0.445. The molecule has 6 nitrogen and oxygen atoms in total. The van der Waals surface area contributed by atoms with Gasteiger partial charge in [0.05, 0.1) is 17.0 Å². The number of rotatable bonds is 6. The Morgan fingerprint density at radius 1 is 1.37 bits per heavy atom. The summed E-state index contributed by atoms with van der Waals surface area (Å²) in [5.74, 6) is 5.00. The fraction of sp³-hybridized carbons (Fsp3) is 0.417. The highest BCUT2D eigenvalue weighted by molar-refractivity contribution is 7.91. The standard InChI is InChI=1S/C12H19N3O3S/c1-3-19(17,18)7-6-14-12(16)10-8-9(2)4-5-11(10)15-13/h4-5,8,15H,3,6-7,13H2,1-2H3,(H,14,16). The molecule has 0 aliphatic carbocycles. The van der Waals surface area contributed by atoms with E-state index in [4.69, 9.17) is 5.84 Å². The quantitative estimate of drug-likeness (QED) is 0.520. The van der Waals surface area contributed by atoms with Crippen LogP contribution in [0.3, 0.4) is 0 Å². The van der Waals surface area contributed by atoms with E-state index in [1.807, 2.05) is 13.0 Å². The lowest BCUT2D eigenvalue weighted by molar-refractivity contribution is 0.0957. The number of sulfone groups is 1. The van der Waals surface area contributed by atoms with Gasteiger partial charge in [0.1, 0.15) is 0 Å². The van der Waals surface area contributed by atoms with E-state index < -0.39 is 9.84 Å². The second-order valence-electron chi connectivity index (χ2n) is 4.19. The molecule has 0 aliphatic heterocycles. The molecular weight excluding hydrogens is 266 g/mol. The number of nitrogens with one attached hydrogen (secondary N) is 2. The summed E-state index contributed by atoms with van der Waals surface area (Å²) in [7, 11) is -3.08. The van der Waals surface area contributed by atoms with Gasteiger partial charge in [0, 0.05) is 12.3 Å². The van der Waals surface area contributed by atoms with Crippen LogP contribution in [-0.2, 0) is 9.84 Å². The number of nitrogen functional groups attached to an aromatic ring is 1. The average molecular weight is 285 g/mol. The SMILES string of the molecule is CCS(=O)(=O)CCNC(=O)c1cc(C)ccc1NN. The highest BCUT2D eigenvalue weighted by atomic mass is 32.2. The lowest BCUT2D eigenvalue weighted by Crippen LogP contribution is -2.30. The zero-order valence-corrected chi connectivity index (χ0v) is 11.9. The van der Waals surface area contributed by atoms with Gasteiger partial charge in [0.15, 0.2) is 9.84 Å². The summed E-state index contributed by atoms with van der Waals surface area (Å²) >= 11 is 0. The van der Waals surface area contributed by atoms with E-state index >= 15 is 0 Å². The number of carbonyl (C=O) groups is 1. The van der Waals surface area contributed by atoms with Crippen LogP contribution in [0.5, 0.6) is 0 Å². The minimum atomic E-state index is -3.08. The third kappa shape index (κ3) is 4.53. The van der Waals surface area contributed by atoms with Crippen LogP contribution in [0.15, 0.2) is 18.2 Å². The third-order valence-corrected chi connectivity index (χ3v) is 4.42. The average Bonchev–Trinajstić information content (AvgIpc) is 2.38. The van der Waals surface area contributed by atoms with Crippen molar-refractivity contribution < 1.29 is 13.2 Å². The van der Waals surface area contributed by atoms with Gasteiger partial charge in [0.2, 0.25) is 0 Å². The fourth-order valence-electron chi connectivity index (χ4n) is 1.53. The van der Waals surface area contributed by atoms with E-state index in [1.165, 1.54) is 0 Å². The second-order valence-corrected chi connectivity index (χ2v) is 6.66. The molecule has 1 aromatic rings. The highest BCUT2D eigenvalue weighted by Gasteiger charge is 2.12. The van der Waals surface area contributed by atoms with Crippen LogP contribution in [0.4, 0.5) is 5.69 Å². The number of hydrogen-bond donors (Lipinski definition) is 3. The van der Waals surface area contributed by atoms with Crippen molar-refractivity contribution >= 4 is 21.4 Å². The minimum Gasteiger partial charge on any atom is -0.351 e. The first kappa shape index (κ1) is 15.5. The molecule has 1 rings (SSSR count). The number of aryl methyl sites for hydroxylation is 1. The fourth-order valence-corrected chi connectivity index (χ4v) is 2.23. The van der Waals surface area contributed by atoms with Crippen LogP contribution in [0, 0.1) is 6.92 Å². The molecule has 0 unspecified atom stereocenters. The van der Waals surface area contributed by atoms with Crippen molar-refractivity contribution in [1.82, 2.24) is 5.32 Å². The molecule has 1 aromatic carbocycles. The maximum Gasteiger partial charge on any atom is 0.253 e. The molecule has 0 aliphatic rings. The Kier molecular flexibility index (Phi) is 5.31. The monoisotopic (exact) mass is 285 g/mol. The zero-order valence-electron chi connectivity index (χ0n) is 11.1. The molecule has 0 atom stereocenters. The van der Waals surface area contributed by atoms with Gasteiger partial charge in [0.25, 0.3) is 5.91 Å². The van der Waals surface area contributed by atoms with E-state index in [0.29, 0.717) is 11.3 Å². The molecule has 0 heterocycles. The predicted molar refractivity (Wildman–Crippen MR) is 75.7 cm³/mol. The van der Waals surface area contributed by atoms with Gasteiger partial charge in [-0.05, 0) is 19.1 Å². The third-order valence-electron chi connectivity index (χ3n) is 2.71. The highest BCUT2D eigenvalue weighted by Crippen LogP contribution is 2.15. The first-order chi connectivity index (χ1) is 8.89. The van der Waals surface area contributed by atoms with Crippen LogP contribution in [0.25, 0.3) is 0 Å². The molecular formula is C12H19N3O3S.